The summed E-state index contributed by atoms with van der Waals surface area (Å²) < 4.78 is 11.3. The smallest absolute Gasteiger partial charge is 0.253 e. The van der Waals surface area contributed by atoms with Crippen molar-refractivity contribution < 1.29 is 19.4 Å². The molecule has 5 nitrogen and oxygen atoms in total. The Kier molecular flexibility index (Phi) is 5.80. The zero-order valence-electron chi connectivity index (χ0n) is 13.5. The number of benzene rings is 1. The maximum absolute atomic E-state index is 12.4. The number of hydrogen-bond acceptors (Lipinski definition) is 4. The molecule has 122 valence electrons. The van der Waals surface area contributed by atoms with Crippen LogP contribution in [0.4, 0.5) is 5.69 Å². The van der Waals surface area contributed by atoms with Gasteiger partial charge in [-0.1, -0.05) is 19.9 Å². The number of anilines is 1. The molecule has 0 aromatic heterocycles. The van der Waals surface area contributed by atoms with Crippen molar-refractivity contribution in [2.75, 3.05) is 18.5 Å². The van der Waals surface area contributed by atoms with Gasteiger partial charge in [0, 0.05) is 6.61 Å². The Bertz CT molecular complexity index is 509. The first-order chi connectivity index (χ1) is 10.5. The molecule has 2 N–H and O–H groups in total. The minimum absolute atomic E-state index is 0.0361. The van der Waals surface area contributed by atoms with Crippen LogP contribution in [0.25, 0.3) is 0 Å². The van der Waals surface area contributed by atoms with Crippen LogP contribution in [0.3, 0.4) is 0 Å². The number of nitrogens with one attached hydrogen (secondary N) is 1. The molecular weight excluding hydrogens is 282 g/mol. The lowest BCUT2D eigenvalue weighted by Crippen LogP contribution is -2.36. The van der Waals surface area contributed by atoms with E-state index in [9.17, 15) is 9.90 Å². The molecule has 1 aromatic rings. The number of carbonyl (C=O) groups excluding carboxylic acids is 1. The summed E-state index contributed by atoms with van der Waals surface area (Å²) in [5, 5.41) is 12.6. The predicted octanol–water partition coefficient (Wildman–Crippen LogP) is 2.86. The summed E-state index contributed by atoms with van der Waals surface area (Å²) in [5.74, 6) is -0.142. The minimum atomic E-state index is -0.565. The lowest BCUT2D eigenvalue weighted by atomic mass is 10.1. The van der Waals surface area contributed by atoms with E-state index in [1.807, 2.05) is 26.8 Å². The van der Waals surface area contributed by atoms with Crippen LogP contribution in [-0.4, -0.2) is 36.4 Å². The van der Waals surface area contributed by atoms with Crippen molar-refractivity contribution in [3.05, 3.63) is 23.8 Å². The van der Waals surface area contributed by atoms with E-state index in [1.54, 1.807) is 12.1 Å². The van der Waals surface area contributed by atoms with Crippen molar-refractivity contribution in [1.29, 1.82) is 0 Å². The molecule has 0 unspecified atom stereocenters. The molecule has 1 aliphatic rings. The Hall–Kier alpha value is -1.59. The van der Waals surface area contributed by atoms with Crippen LogP contribution in [0.15, 0.2) is 18.2 Å². The normalized spacial score (nSPS) is 19.4. The molecule has 0 aliphatic carbocycles. The van der Waals surface area contributed by atoms with E-state index < -0.39 is 6.10 Å². The number of aromatic hydroxyl groups is 1. The van der Waals surface area contributed by atoms with Crippen LogP contribution in [-0.2, 0) is 14.3 Å². The number of hydrogen-bond donors (Lipinski definition) is 2. The molecule has 1 amide bonds. The van der Waals surface area contributed by atoms with E-state index in [2.05, 4.69) is 5.32 Å². The Morgan fingerprint density at radius 2 is 2.27 bits per heavy atom. The summed E-state index contributed by atoms with van der Waals surface area (Å²) in [6, 6.07) is 5.15. The Morgan fingerprint density at radius 1 is 1.50 bits per heavy atom. The molecule has 0 saturated carbocycles. The molecule has 5 heteroatoms. The molecular formula is C17H25NO4. The maximum atomic E-state index is 12.4. The number of aryl methyl sites for hydroxylation is 1. The Morgan fingerprint density at radius 3 is 2.86 bits per heavy atom. The van der Waals surface area contributed by atoms with Crippen molar-refractivity contribution in [2.45, 2.75) is 45.8 Å². The number of phenols is 1. The molecule has 2 atom stereocenters. The van der Waals surface area contributed by atoms with Gasteiger partial charge in [0.1, 0.15) is 11.9 Å². The number of rotatable bonds is 6. The van der Waals surface area contributed by atoms with Crippen LogP contribution in [0.1, 0.15) is 32.3 Å². The molecule has 1 fully saturated rings. The fourth-order valence-corrected chi connectivity index (χ4v) is 2.51. The van der Waals surface area contributed by atoms with Crippen LogP contribution in [0, 0.1) is 12.8 Å². The summed E-state index contributed by atoms with van der Waals surface area (Å²) in [6.45, 7) is 6.95. The molecule has 0 radical (unpaired) electrons. The number of phenolic OH excluding ortho intramolecular Hbond substituents is 1. The Balaban J connectivity index is 1.96. The molecule has 1 aromatic carbocycles. The third-order valence-electron chi connectivity index (χ3n) is 3.76. The summed E-state index contributed by atoms with van der Waals surface area (Å²) in [5.41, 5.74) is 1.34. The topological polar surface area (TPSA) is 67.8 Å². The van der Waals surface area contributed by atoms with Crippen molar-refractivity contribution in [1.82, 2.24) is 0 Å². The molecule has 1 aliphatic heterocycles. The van der Waals surface area contributed by atoms with Gasteiger partial charge in [-0.05, 0) is 43.4 Å². The first-order valence-electron chi connectivity index (χ1n) is 7.81. The fraction of sp³-hybridized carbons (Fsp3) is 0.588. The first kappa shape index (κ1) is 16.8. The van der Waals surface area contributed by atoms with Gasteiger partial charge in [-0.3, -0.25) is 4.79 Å². The SMILES string of the molecule is Cc1ccc(NC(=O)[C@H](OC[C@@H]2CCCO2)C(C)C)c(O)c1. The van der Waals surface area contributed by atoms with Gasteiger partial charge >= 0.3 is 0 Å². The van der Waals surface area contributed by atoms with Gasteiger partial charge in [-0.25, -0.2) is 0 Å². The van der Waals surface area contributed by atoms with Gasteiger partial charge in [0.05, 0.1) is 18.4 Å². The van der Waals surface area contributed by atoms with E-state index in [0.717, 1.165) is 25.0 Å². The second-order valence-electron chi connectivity index (χ2n) is 6.14. The molecule has 22 heavy (non-hydrogen) atoms. The first-order valence-corrected chi connectivity index (χ1v) is 7.81. The second-order valence-corrected chi connectivity index (χ2v) is 6.14. The monoisotopic (exact) mass is 307 g/mol. The van der Waals surface area contributed by atoms with E-state index in [4.69, 9.17) is 9.47 Å². The van der Waals surface area contributed by atoms with Gasteiger partial charge in [-0.2, -0.15) is 0 Å². The third kappa shape index (κ3) is 4.45. The van der Waals surface area contributed by atoms with E-state index in [0.29, 0.717) is 12.3 Å². The molecule has 2 rings (SSSR count). The Labute approximate surface area is 131 Å². The van der Waals surface area contributed by atoms with Crippen LogP contribution in [0.5, 0.6) is 5.75 Å². The van der Waals surface area contributed by atoms with Crippen molar-refractivity contribution in [2.24, 2.45) is 5.92 Å². The summed E-state index contributed by atoms with van der Waals surface area (Å²) >= 11 is 0. The number of amides is 1. The highest BCUT2D eigenvalue weighted by Gasteiger charge is 2.26. The van der Waals surface area contributed by atoms with Gasteiger partial charge in [0.15, 0.2) is 0 Å². The van der Waals surface area contributed by atoms with Crippen LogP contribution >= 0.6 is 0 Å². The minimum Gasteiger partial charge on any atom is -0.506 e. The van der Waals surface area contributed by atoms with Crippen molar-refractivity contribution in [3.8, 4) is 5.75 Å². The van der Waals surface area contributed by atoms with Crippen molar-refractivity contribution >= 4 is 11.6 Å². The second kappa shape index (κ2) is 7.61. The summed E-state index contributed by atoms with van der Waals surface area (Å²) in [7, 11) is 0. The van der Waals surface area contributed by atoms with Crippen LogP contribution < -0.4 is 5.32 Å². The average Bonchev–Trinajstić information content (AvgIpc) is 2.95. The zero-order chi connectivity index (χ0) is 16.1. The molecule has 1 saturated heterocycles. The van der Waals surface area contributed by atoms with E-state index in [1.165, 1.54) is 0 Å². The molecule has 0 spiro atoms. The van der Waals surface area contributed by atoms with Crippen LogP contribution in [0.2, 0.25) is 0 Å². The lowest BCUT2D eigenvalue weighted by molar-refractivity contribution is -0.132. The fourth-order valence-electron chi connectivity index (χ4n) is 2.51. The van der Waals surface area contributed by atoms with E-state index >= 15 is 0 Å². The largest absolute Gasteiger partial charge is 0.506 e. The standard InChI is InChI=1S/C17H25NO4/c1-11(2)16(22-10-13-5-4-8-21-13)17(20)18-14-7-6-12(3)9-15(14)19/h6-7,9,11,13,16,19H,4-5,8,10H2,1-3H3,(H,18,20)/t13-,16+/m0/s1. The van der Waals surface area contributed by atoms with E-state index in [-0.39, 0.29) is 23.7 Å². The molecule has 0 bridgehead atoms. The summed E-state index contributed by atoms with van der Waals surface area (Å²) in [6.07, 6.45) is 1.54. The van der Waals surface area contributed by atoms with Gasteiger partial charge < -0.3 is 19.9 Å². The molecule has 1 heterocycles. The lowest BCUT2D eigenvalue weighted by Gasteiger charge is -2.22. The highest BCUT2D eigenvalue weighted by molar-refractivity contribution is 5.95. The predicted molar refractivity (Wildman–Crippen MR) is 85.0 cm³/mol. The number of ether oxygens (including phenoxy) is 2. The summed E-state index contributed by atoms with van der Waals surface area (Å²) in [4.78, 5) is 12.4. The highest BCUT2D eigenvalue weighted by Crippen LogP contribution is 2.25. The average molecular weight is 307 g/mol. The third-order valence-corrected chi connectivity index (χ3v) is 3.76. The highest BCUT2D eigenvalue weighted by atomic mass is 16.5. The van der Waals surface area contributed by atoms with Gasteiger partial charge in [-0.15, -0.1) is 0 Å². The number of carbonyl (C=O) groups is 1. The maximum Gasteiger partial charge on any atom is 0.253 e. The van der Waals surface area contributed by atoms with Crippen molar-refractivity contribution in [3.63, 3.8) is 0 Å². The zero-order valence-corrected chi connectivity index (χ0v) is 13.5. The van der Waals surface area contributed by atoms with Gasteiger partial charge in [0.25, 0.3) is 5.91 Å². The quantitative estimate of drug-likeness (QED) is 0.793. The van der Waals surface area contributed by atoms with Gasteiger partial charge in [0.2, 0.25) is 0 Å².